The number of aromatic nitrogens is 1. The zero-order chi connectivity index (χ0) is 23.3. The summed E-state index contributed by atoms with van der Waals surface area (Å²) in [6, 6.07) is 7.94. The molecule has 2 N–H and O–H groups in total. The molecule has 1 saturated carbocycles. The fraction of sp³-hybridized carbons (Fsp3) is 0.333. The summed E-state index contributed by atoms with van der Waals surface area (Å²) < 4.78 is 16.9. The number of nitrogens with zero attached hydrogens (tertiary/aromatic N) is 3. The minimum Gasteiger partial charge on any atom is -0.508 e. The Kier molecular flexibility index (Phi) is 5.50. The van der Waals surface area contributed by atoms with E-state index in [9.17, 15) is 19.8 Å². The number of anilines is 1. The molecule has 1 aromatic heterocycles. The number of phenolic OH excluding ortho intramolecular Hbond substituents is 1. The highest BCUT2D eigenvalue weighted by atomic mass is 35.5. The molecule has 9 heteroatoms. The first-order valence-electron chi connectivity index (χ1n) is 10.9. The number of halogens is 2. The summed E-state index contributed by atoms with van der Waals surface area (Å²) in [6.07, 6.45) is 3.19. The lowest BCUT2D eigenvalue weighted by Gasteiger charge is -2.36. The Morgan fingerprint density at radius 1 is 1.12 bits per heavy atom. The smallest absolute Gasteiger partial charge is 0.341 e. The average Bonchev–Trinajstić information content (AvgIpc) is 3.62. The minimum atomic E-state index is -1.30. The zero-order valence-corrected chi connectivity index (χ0v) is 18.6. The van der Waals surface area contributed by atoms with Crippen molar-refractivity contribution in [2.75, 3.05) is 31.1 Å². The zero-order valence-electron chi connectivity index (χ0n) is 17.8. The number of pyridine rings is 1. The van der Waals surface area contributed by atoms with Crippen molar-refractivity contribution in [2.45, 2.75) is 25.4 Å². The first-order valence-corrected chi connectivity index (χ1v) is 11.3. The van der Waals surface area contributed by atoms with Gasteiger partial charge >= 0.3 is 5.97 Å². The molecule has 0 atom stereocenters. The molecular formula is C24H23ClFN3O4. The number of carboxylic acid groups (broad SMARTS) is 1. The topological polar surface area (TPSA) is 86.0 Å². The molecule has 2 aromatic carbocycles. The number of carboxylic acids is 1. The highest BCUT2D eigenvalue weighted by Gasteiger charge is 2.28. The van der Waals surface area contributed by atoms with Gasteiger partial charge < -0.3 is 19.7 Å². The summed E-state index contributed by atoms with van der Waals surface area (Å²) in [4.78, 5) is 28.3. The first kappa shape index (κ1) is 21.7. The quantitative estimate of drug-likeness (QED) is 0.588. The van der Waals surface area contributed by atoms with Crippen molar-refractivity contribution in [1.82, 2.24) is 9.47 Å². The Bertz CT molecular complexity index is 1310. The van der Waals surface area contributed by atoms with Gasteiger partial charge in [-0.2, -0.15) is 0 Å². The Morgan fingerprint density at radius 3 is 2.52 bits per heavy atom. The molecule has 0 spiro atoms. The molecule has 1 aliphatic heterocycles. The molecule has 3 aromatic rings. The molecule has 7 nitrogen and oxygen atoms in total. The van der Waals surface area contributed by atoms with Gasteiger partial charge in [-0.05, 0) is 43.2 Å². The van der Waals surface area contributed by atoms with Crippen molar-refractivity contribution < 1.29 is 19.4 Å². The largest absolute Gasteiger partial charge is 0.508 e. The lowest BCUT2D eigenvalue weighted by atomic mass is 10.1. The third-order valence-corrected chi connectivity index (χ3v) is 6.65. The second kappa shape index (κ2) is 8.35. The van der Waals surface area contributed by atoms with Crippen molar-refractivity contribution in [3.8, 4) is 5.75 Å². The molecule has 0 unspecified atom stereocenters. The van der Waals surface area contributed by atoms with Gasteiger partial charge in [0.25, 0.3) is 0 Å². The van der Waals surface area contributed by atoms with Gasteiger partial charge in [0.2, 0.25) is 5.43 Å². The van der Waals surface area contributed by atoms with Gasteiger partial charge in [-0.15, -0.1) is 0 Å². The van der Waals surface area contributed by atoms with Crippen LogP contribution in [0.15, 0.2) is 41.3 Å². The Balaban J connectivity index is 1.41. The second-order valence-electron chi connectivity index (χ2n) is 8.67. The van der Waals surface area contributed by atoms with Crippen molar-refractivity contribution in [3.63, 3.8) is 0 Å². The molecule has 2 heterocycles. The van der Waals surface area contributed by atoms with Gasteiger partial charge in [-0.3, -0.25) is 9.69 Å². The van der Waals surface area contributed by atoms with E-state index in [1.807, 2.05) is 4.90 Å². The van der Waals surface area contributed by atoms with Crippen molar-refractivity contribution in [2.24, 2.45) is 0 Å². The molecule has 172 valence electrons. The van der Waals surface area contributed by atoms with Gasteiger partial charge in [0.05, 0.1) is 11.2 Å². The summed E-state index contributed by atoms with van der Waals surface area (Å²) >= 11 is 6.04. The molecule has 33 heavy (non-hydrogen) atoms. The van der Waals surface area contributed by atoms with E-state index in [4.69, 9.17) is 11.6 Å². The Labute approximate surface area is 194 Å². The summed E-state index contributed by atoms with van der Waals surface area (Å²) in [7, 11) is 0. The number of aromatic carboxylic acids is 1. The third-order valence-electron chi connectivity index (χ3n) is 6.42. The van der Waals surface area contributed by atoms with Crippen LogP contribution in [0, 0.1) is 5.82 Å². The highest BCUT2D eigenvalue weighted by Crippen LogP contribution is 2.38. The van der Waals surface area contributed by atoms with Gasteiger partial charge in [0.15, 0.2) is 0 Å². The molecule has 5 rings (SSSR count). The predicted molar refractivity (Wildman–Crippen MR) is 124 cm³/mol. The molecular weight excluding hydrogens is 449 g/mol. The summed E-state index contributed by atoms with van der Waals surface area (Å²) in [5, 5.41) is 20.1. The number of benzene rings is 2. The molecule has 2 aliphatic rings. The molecule has 0 bridgehead atoms. The number of hydrogen-bond donors (Lipinski definition) is 2. The lowest BCUT2D eigenvalue weighted by molar-refractivity contribution is 0.0695. The normalized spacial score (nSPS) is 17.0. The van der Waals surface area contributed by atoms with E-state index in [1.54, 1.807) is 28.8 Å². The number of piperazine rings is 1. The Morgan fingerprint density at radius 2 is 1.85 bits per heavy atom. The summed E-state index contributed by atoms with van der Waals surface area (Å²) in [5.41, 5.74) is 0.723. The fourth-order valence-electron chi connectivity index (χ4n) is 4.48. The number of fused-ring (bicyclic) bond motifs is 1. The molecule has 0 amide bonds. The van der Waals surface area contributed by atoms with Crippen molar-refractivity contribution >= 4 is 34.2 Å². The monoisotopic (exact) mass is 471 g/mol. The minimum absolute atomic E-state index is 0.0955. The van der Waals surface area contributed by atoms with Crippen LogP contribution in [-0.4, -0.2) is 51.8 Å². The molecule has 1 aliphatic carbocycles. The van der Waals surface area contributed by atoms with Crippen LogP contribution in [0.4, 0.5) is 10.1 Å². The number of carbonyl (C=O) groups is 1. The van der Waals surface area contributed by atoms with E-state index in [1.165, 1.54) is 12.3 Å². The van der Waals surface area contributed by atoms with Crippen LogP contribution in [0.5, 0.6) is 5.75 Å². The van der Waals surface area contributed by atoms with E-state index in [-0.39, 0.29) is 22.7 Å². The van der Waals surface area contributed by atoms with Crippen LogP contribution < -0.4 is 10.3 Å². The Hall–Kier alpha value is -3.10. The summed E-state index contributed by atoms with van der Waals surface area (Å²) in [5.74, 6) is -1.64. The van der Waals surface area contributed by atoms with Crippen LogP contribution in [0.3, 0.4) is 0 Å². The van der Waals surface area contributed by atoms with Crippen molar-refractivity contribution in [1.29, 1.82) is 0 Å². The number of hydrogen-bond acceptors (Lipinski definition) is 5. The van der Waals surface area contributed by atoms with Crippen LogP contribution in [0.1, 0.15) is 34.8 Å². The number of rotatable bonds is 5. The standard InChI is InChI=1S/C24H23ClFN3O4/c25-15-1-4-22(30)14(9-15)12-27-5-7-28(8-6-27)21-11-20-17(10-19(21)26)23(31)18(24(32)33)13-29(20)16-2-3-16/h1,4,9-11,13,16,30H,2-3,5-8,12H2,(H,32,33). The average molecular weight is 472 g/mol. The van der Waals surface area contributed by atoms with E-state index >= 15 is 4.39 Å². The van der Waals surface area contributed by atoms with Gasteiger partial charge in [-0.25, -0.2) is 9.18 Å². The van der Waals surface area contributed by atoms with Crippen molar-refractivity contribution in [3.05, 3.63) is 68.7 Å². The first-order chi connectivity index (χ1) is 15.8. The maximum atomic E-state index is 15.1. The number of phenols is 1. The maximum Gasteiger partial charge on any atom is 0.341 e. The van der Waals surface area contributed by atoms with E-state index in [2.05, 4.69) is 4.90 Å². The number of aromatic hydroxyl groups is 1. The van der Waals surface area contributed by atoms with E-state index in [0.29, 0.717) is 49.0 Å². The van der Waals surface area contributed by atoms with Crippen LogP contribution in [0.25, 0.3) is 10.9 Å². The van der Waals surface area contributed by atoms with Crippen LogP contribution in [-0.2, 0) is 6.54 Å². The van der Waals surface area contributed by atoms with E-state index < -0.39 is 17.2 Å². The lowest BCUT2D eigenvalue weighted by Crippen LogP contribution is -2.46. The van der Waals surface area contributed by atoms with Gasteiger partial charge in [0, 0.05) is 60.9 Å². The maximum absolute atomic E-state index is 15.1. The predicted octanol–water partition coefficient (Wildman–Crippen LogP) is 3.85. The van der Waals surface area contributed by atoms with Crippen LogP contribution in [0.2, 0.25) is 5.02 Å². The molecule has 1 saturated heterocycles. The third kappa shape index (κ3) is 4.16. The van der Waals surface area contributed by atoms with E-state index in [0.717, 1.165) is 18.4 Å². The molecule has 0 radical (unpaired) electrons. The SMILES string of the molecule is O=C(O)c1cn(C2CC2)c2cc(N3CCN(Cc4cc(Cl)ccc4O)CC3)c(F)cc2c1=O. The van der Waals surface area contributed by atoms with Gasteiger partial charge in [-0.1, -0.05) is 11.6 Å². The fourth-order valence-corrected chi connectivity index (χ4v) is 4.67. The summed E-state index contributed by atoms with van der Waals surface area (Å²) in [6.45, 7) is 3.02. The van der Waals surface area contributed by atoms with Crippen LogP contribution >= 0.6 is 11.6 Å². The highest BCUT2D eigenvalue weighted by molar-refractivity contribution is 6.30. The second-order valence-corrected chi connectivity index (χ2v) is 9.11. The molecule has 2 fully saturated rings. The van der Waals surface area contributed by atoms with Gasteiger partial charge in [0.1, 0.15) is 17.1 Å².